The first-order chi connectivity index (χ1) is 20.9. The average molecular weight is 644 g/mol. The van der Waals surface area contributed by atoms with Crippen molar-refractivity contribution in [2.24, 2.45) is 4.99 Å². The van der Waals surface area contributed by atoms with Gasteiger partial charge in [-0.15, -0.1) is 0 Å². The van der Waals surface area contributed by atoms with E-state index in [0.29, 0.717) is 21.7 Å². The fourth-order valence-electron chi connectivity index (χ4n) is 4.98. The number of nitrogens with zero attached hydrogens (tertiary/aromatic N) is 3. The monoisotopic (exact) mass is 643 g/mol. The number of aliphatic imine (C=N–C) groups is 1. The van der Waals surface area contributed by atoms with Crippen LogP contribution in [0.1, 0.15) is 61.3 Å². The van der Waals surface area contributed by atoms with Crippen molar-refractivity contribution in [3.63, 3.8) is 0 Å². The molecule has 1 fully saturated rings. The van der Waals surface area contributed by atoms with Crippen LogP contribution in [0, 0.1) is 0 Å². The molecule has 240 valence electrons. The van der Waals surface area contributed by atoms with E-state index < -0.39 is 35.6 Å². The molecule has 2 aromatic rings. The topological polar surface area (TPSA) is 54.4 Å². The van der Waals surface area contributed by atoms with Crippen molar-refractivity contribution in [2.75, 3.05) is 39.8 Å². The van der Waals surface area contributed by atoms with Gasteiger partial charge < -0.3 is 14.4 Å². The van der Waals surface area contributed by atoms with Gasteiger partial charge in [0.2, 0.25) is 0 Å². The number of amides is 1. The van der Waals surface area contributed by atoms with Crippen molar-refractivity contribution >= 4 is 28.9 Å². The van der Waals surface area contributed by atoms with Gasteiger partial charge in [0.05, 0.1) is 23.1 Å². The van der Waals surface area contributed by atoms with Gasteiger partial charge in [0.1, 0.15) is 6.61 Å². The largest absolute Gasteiger partial charge is 0.493 e. The molecule has 2 aliphatic heterocycles. The Morgan fingerprint density at radius 2 is 1.64 bits per heavy atom. The lowest BCUT2D eigenvalue weighted by molar-refractivity contribution is -0.143. The molecular weight excluding hydrogens is 608 g/mol. The molecule has 0 radical (unpaired) electrons. The van der Waals surface area contributed by atoms with Crippen molar-refractivity contribution in [2.45, 2.75) is 58.0 Å². The molecule has 44 heavy (non-hydrogen) atoms. The fraction of sp³-hybridized carbons (Fsp3) is 0.484. The minimum atomic E-state index is -5.01. The van der Waals surface area contributed by atoms with Crippen LogP contribution in [0.5, 0.6) is 11.5 Å². The van der Waals surface area contributed by atoms with Crippen LogP contribution in [0.25, 0.3) is 6.08 Å². The lowest BCUT2D eigenvalue weighted by Gasteiger charge is -2.35. The summed E-state index contributed by atoms with van der Waals surface area (Å²) in [5, 5.41) is 0.660. The molecule has 0 bridgehead atoms. The number of unbranched alkanes of at least 4 members (excludes halogenated alkanes) is 4. The van der Waals surface area contributed by atoms with Crippen LogP contribution in [0.2, 0.25) is 0 Å². The van der Waals surface area contributed by atoms with Crippen molar-refractivity contribution in [1.29, 1.82) is 0 Å². The van der Waals surface area contributed by atoms with Gasteiger partial charge in [-0.3, -0.25) is 9.69 Å². The molecule has 6 nitrogen and oxygen atoms in total. The normalized spacial score (nSPS) is 17.4. The molecule has 4 rings (SSSR count). The van der Waals surface area contributed by atoms with Crippen LogP contribution in [0.15, 0.2) is 46.3 Å². The number of carbonyl (C=O) groups excluding carboxylic acids is 1. The number of benzene rings is 2. The zero-order valence-electron chi connectivity index (χ0n) is 24.6. The number of rotatable bonds is 11. The standard InChI is InChI=1S/C31H35F6N3O3S/c1-3-4-5-6-7-12-39-13-15-40(16-14-39)29-38-28(41)27(44-29)18-21-8-11-25(26(17-21)42-2)43-20-22-9-10-23(30(32,33)34)19-24(22)31(35,36)37/h8-11,17-19H,3-7,12-16,20H2,1-2H3/b27-18-. The molecule has 2 aromatic carbocycles. The second-order valence-electron chi connectivity index (χ2n) is 10.6. The van der Waals surface area contributed by atoms with Gasteiger partial charge in [0.25, 0.3) is 5.91 Å². The lowest BCUT2D eigenvalue weighted by Crippen LogP contribution is -2.47. The summed E-state index contributed by atoms with van der Waals surface area (Å²) in [5.74, 6) is -0.0832. The van der Waals surface area contributed by atoms with Crippen LogP contribution >= 0.6 is 11.8 Å². The predicted molar refractivity (Wildman–Crippen MR) is 159 cm³/mol. The number of hydrogen-bond donors (Lipinski definition) is 0. The average Bonchev–Trinajstić information content (AvgIpc) is 3.35. The Kier molecular flexibility index (Phi) is 11.3. The molecule has 0 spiro atoms. The molecule has 0 aliphatic carbocycles. The number of halogens is 6. The van der Waals surface area contributed by atoms with Crippen molar-refractivity contribution < 1.29 is 40.6 Å². The first-order valence-corrected chi connectivity index (χ1v) is 15.3. The Labute approximate surface area is 257 Å². The van der Waals surface area contributed by atoms with Gasteiger partial charge >= 0.3 is 12.4 Å². The number of carbonyl (C=O) groups is 1. The summed E-state index contributed by atoms with van der Waals surface area (Å²) in [7, 11) is 1.35. The molecule has 0 saturated carbocycles. The first-order valence-electron chi connectivity index (χ1n) is 14.5. The molecule has 2 aliphatic rings. The van der Waals surface area contributed by atoms with Crippen LogP contribution in [0.3, 0.4) is 0 Å². The van der Waals surface area contributed by atoms with E-state index in [2.05, 4.69) is 21.7 Å². The van der Waals surface area contributed by atoms with Gasteiger partial charge in [0.15, 0.2) is 16.7 Å². The van der Waals surface area contributed by atoms with E-state index in [1.165, 1.54) is 57.0 Å². The highest BCUT2D eigenvalue weighted by Gasteiger charge is 2.38. The smallest absolute Gasteiger partial charge is 0.416 e. The number of methoxy groups -OCH3 is 1. The Bertz CT molecular complexity index is 1370. The molecular formula is C31H35F6N3O3S. The highest BCUT2D eigenvalue weighted by molar-refractivity contribution is 8.18. The van der Waals surface area contributed by atoms with Crippen LogP contribution in [0.4, 0.5) is 26.3 Å². The predicted octanol–water partition coefficient (Wildman–Crippen LogP) is 7.87. The van der Waals surface area contributed by atoms with E-state index in [1.807, 2.05) is 0 Å². The van der Waals surface area contributed by atoms with E-state index in [0.717, 1.165) is 38.8 Å². The third-order valence-electron chi connectivity index (χ3n) is 7.44. The maximum Gasteiger partial charge on any atom is 0.416 e. The maximum atomic E-state index is 13.5. The SMILES string of the molecule is CCCCCCCN1CCN(C2=NC(=O)/C(=C/c3ccc(OCc4ccc(C(F)(F)F)cc4C(F)(F)F)c(OC)c3)S2)CC1. The van der Waals surface area contributed by atoms with Crippen LogP contribution < -0.4 is 9.47 Å². The summed E-state index contributed by atoms with van der Waals surface area (Å²) < 4.78 is 90.4. The second kappa shape index (κ2) is 14.7. The second-order valence-corrected chi connectivity index (χ2v) is 11.6. The summed E-state index contributed by atoms with van der Waals surface area (Å²) in [6.07, 6.45) is -2.06. The van der Waals surface area contributed by atoms with Crippen LogP contribution in [-0.4, -0.2) is 60.7 Å². The zero-order chi connectivity index (χ0) is 31.9. The maximum absolute atomic E-state index is 13.5. The van der Waals surface area contributed by atoms with E-state index >= 15 is 0 Å². The van der Waals surface area contributed by atoms with E-state index in [-0.39, 0.29) is 23.5 Å². The molecule has 13 heteroatoms. The summed E-state index contributed by atoms with van der Waals surface area (Å²) in [4.78, 5) is 21.9. The van der Waals surface area contributed by atoms with Gasteiger partial charge in [-0.05, 0) is 60.6 Å². The molecule has 0 aromatic heterocycles. The summed E-state index contributed by atoms with van der Waals surface area (Å²) >= 11 is 1.29. The number of hydrogen-bond acceptors (Lipinski definition) is 6. The van der Waals surface area contributed by atoms with Crippen molar-refractivity contribution in [3.05, 3.63) is 63.6 Å². The molecule has 0 unspecified atom stereocenters. The molecule has 0 N–H and O–H groups in total. The Morgan fingerprint density at radius 1 is 0.909 bits per heavy atom. The first kappa shape index (κ1) is 33.7. The van der Waals surface area contributed by atoms with Crippen LogP contribution in [-0.2, 0) is 23.8 Å². The number of alkyl halides is 6. The number of thioether (sulfide) groups is 1. The molecule has 1 amide bonds. The Balaban J connectivity index is 1.37. The zero-order valence-corrected chi connectivity index (χ0v) is 25.4. The van der Waals surface area contributed by atoms with Gasteiger partial charge in [0, 0.05) is 31.7 Å². The highest BCUT2D eigenvalue weighted by atomic mass is 32.2. The third kappa shape index (κ3) is 8.93. The molecule has 1 saturated heterocycles. The van der Waals surface area contributed by atoms with Crippen molar-refractivity contribution in [3.8, 4) is 11.5 Å². The summed E-state index contributed by atoms with van der Waals surface area (Å²) in [6.45, 7) is 6.05. The van der Waals surface area contributed by atoms with E-state index in [1.54, 1.807) is 18.2 Å². The van der Waals surface area contributed by atoms with E-state index in [9.17, 15) is 31.1 Å². The Hall–Kier alpha value is -3.19. The van der Waals surface area contributed by atoms with Crippen molar-refractivity contribution in [1.82, 2.24) is 9.80 Å². The molecule has 2 heterocycles. The van der Waals surface area contributed by atoms with Gasteiger partial charge in [-0.25, -0.2) is 0 Å². The summed E-state index contributed by atoms with van der Waals surface area (Å²) in [5.41, 5.74) is -2.70. The summed E-state index contributed by atoms with van der Waals surface area (Å²) in [6, 6.07) is 6.05. The fourth-order valence-corrected chi connectivity index (χ4v) is 5.94. The van der Waals surface area contributed by atoms with Gasteiger partial charge in [-0.2, -0.15) is 31.3 Å². The Morgan fingerprint density at radius 3 is 2.30 bits per heavy atom. The third-order valence-corrected chi connectivity index (χ3v) is 8.49. The highest BCUT2D eigenvalue weighted by Crippen LogP contribution is 2.39. The number of amidine groups is 1. The molecule has 0 atom stereocenters. The minimum Gasteiger partial charge on any atom is -0.493 e. The lowest BCUT2D eigenvalue weighted by atomic mass is 10.0. The minimum absolute atomic E-state index is 0.0767. The van der Waals surface area contributed by atoms with E-state index in [4.69, 9.17) is 9.47 Å². The number of ether oxygens (including phenoxy) is 2. The van der Waals surface area contributed by atoms with Gasteiger partial charge in [-0.1, -0.05) is 44.7 Å². The quantitative estimate of drug-likeness (QED) is 0.141. The number of piperazine rings is 1.